The summed E-state index contributed by atoms with van der Waals surface area (Å²) in [5.41, 5.74) is -0.346. The maximum atomic E-state index is 11.3. The normalized spacial score (nSPS) is 32.2. The molecule has 96 valence electrons. The van der Waals surface area contributed by atoms with E-state index in [0.717, 1.165) is 12.7 Å². The van der Waals surface area contributed by atoms with E-state index in [1.165, 1.54) is 0 Å². The monoisotopic (exact) mass is 238 g/mol. The molecule has 0 aromatic rings. The van der Waals surface area contributed by atoms with Crippen molar-refractivity contribution >= 4 is 12.3 Å². The molecule has 0 bridgehead atoms. The van der Waals surface area contributed by atoms with Crippen molar-refractivity contribution < 1.29 is 14.3 Å². The number of carbonyl (C=O) groups is 2. The lowest BCUT2D eigenvalue weighted by atomic mass is 9.64. The van der Waals surface area contributed by atoms with Gasteiger partial charge in [-0.05, 0) is 31.6 Å². The summed E-state index contributed by atoms with van der Waals surface area (Å²) in [7, 11) is 0. The van der Waals surface area contributed by atoms with Gasteiger partial charge in [-0.3, -0.25) is 4.79 Å². The number of rotatable bonds is 5. The summed E-state index contributed by atoms with van der Waals surface area (Å²) in [5, 5.41) is 0. The summed E-state index contributed by atoms with van der Waals surface area (Å²) in [6.45, 7) is 6.30. The molecule has 0 amide bonds. The summed E-state index contributed by atoms with van der Waals surface area (Å²) in [4.78, 5) is 22.7. The molecule has 1 rings (SSSR count). The number of hydrogen-bond donors (Lipinski definition) is 0. The number of aldehydes is 1. The van der Waals surface area contributed by atoms with Crippen LogP contribution >= 0.6 is 0 Å². The van der Waals surface area contributed by atoms with Crippen LogP contribution in [0.25, 0.3) is 0 Å². The van der Waals surface area contributed by atoms with Gasteiger partial charge in [0.15, 0.2) is 0 Å². The third kappa shape index (κ3) is 3.18. The molecule has 0 saturated carbocycles. The average molecular weight is 238 g/mol. The van der Waals surface area contributed by atoms with Crippen LogP contribution in [0.15, 0.2) is 12.2 Å². The zero-order chi connectivity index (χ0) is 12.9. The third-order valence-electron chi connectivity index (χ3n) is 3.94. The van der Waals surface area contributed by atoms with Gasteiger partial charge in [0, 0.05) is 11.8 Å². The highest BCUT2D eigenvalue weighted by atomic mass is 16.5. The maximum Gasteiger partial charge on any atom is 0.305 e. The van der Waals surface area contributed by atoms with Gasteiger partial charge in [-0.25, -0.2) is 0 Å². The summed E-state index contributed by atoms with van der Waals surface area (Å²) >= 11 is 0. The highest BCUT2D eigenvalue weighted by molar-refractivity contribution is 5.69. The zero-order valence-corrected chi connectivity index (χ0v) is 10.9. The summed E-state index contributed by atoms with van der Waals surface area (Å²) in [6, 6.07) is 0. The predicted molar refractivity (Wildman–Crippen MR) is 66.4 cm³/mol. The van der Waals surface area contributed by atoms with Crippen molar-refractivity contribution in [1.29, 1.82) is 0 Å². The smallest absolute Gasteiger partial charge is 0.305 e. The first kappa shape index (κ1) is 13.9. The fraction of sp³-hybridized carbons (Fsp3) is 0.714. The van der Waals surface area contributed by atoms with Crippen LogP contribution in [0.4, 0.5) is 0 Å². The minimum atomic E-state index is -0.346. The highest BCUT2D eigenvalue weighted by Crippen LogP contribution is 2.42. The first-order valence-corrected chi connectivity index (χ1v) is 6.33. The second-order valence-corrected chi connectivity index (χ2v) is 5.00. The Morgan fingerprint density at radius 1 is 1.59 bits per heavy atom. The summed E-state index contributed by atoms with van der Waals surface area (Å²) in [5.74, 6) is 0.303. The second-order valence-electron chi connectivity index (χ2n) is 5.00. The fourth-order valence-electron chi connectivity index (χ4n) is 2.39. The van der Waals surface area contributed by atoms with E-state index in [9.17, 15) is 9.59 Å². The van der Waals surface area contributed by atoms with E-state index >= 15 is 0 Å². The van der Waals surface area contributed by atoms with Crippen LogP contribution in [0.2, 0.25) is 0 Å². The van der Waals surface area contributed by atoms with Crippen molar-refractivity contribution in [2.75, 3.05) is 6.61 Å². The topological polar surface area (TPSA) is 43.4 Å². The molecule has 0 aromatic heterocycles. The van der Waals surface area contributed by atoms with Crippen molar-refractivity contribution in [3.05, 3.63) is 12.2 Å². The van der Waals surface area contributed by atoms with Crippen molar-refractivity contribution in [1.82, 2.24) is 0 Å². The van der Waals surface area contributed by atoms with Gasteiger partial charge < -0.3 is 9.53 Å². The molecule has 0 fully saturated rings. The SMILES string of the molecule is CCOC(=O)CC[C@@H]1C=CC[C@@H](C)[C@]1(C)C=O. The van der Waals surface area contributed by atoms with Crippen LogP contribution in [0.5, 0.6) is 0 Å². The van der Waals surface area contributed by atoms with Gasteiger partial charge in [-0.1, -0.05) is 26.0 Å². The molecule has 3 atom stereocenters. The molecule has 0 heterocycles. The van der Waals surface area contributed by atoms with E-state index in [4.69, 9.17) is 4.74 Å². The van der Waals surface area contributed by atoms with E-state index in [2.05, 4.69) is 19.1 Å². The molecule has 0 saturated heterocycles. The molecule has 0 radical (unpaired) electrons. The van der Waals surface area contributed by atoms with Gasteiger partial charge in [0.05, 0.1) is 6.61 Å². The lowest BCUT2D eigenvalue weighted by Crippen LogP contribution is -2.37. The number of carbonyl (C=O) groups excluding carboxylic acids is 2. The van der Waals surface area contributed by atoms with Gasteiger partial charge in [0.1, 0.15) is 6.29 Å². The standard InChI is InChI=1S/C14H22O3/c1-4-17-13(16)9-8-12-7-5-6-11(2)14(12,3)10-15/h5,7,10-12H,4,6,8-9H2,1-3H3/t11-,12+,14+/m1/s1. The Balaban J connectivity index is 2.62. The van der Waals surface area contributed by atoms with E-state index in [-0.39, 0.29) is 17.3 Å². The Labute approximate surface area is 103 Å². The average Bonchev–Trinajstić information content (AvgIpc) is 2.31. The van der Waals surface area contributed by atoms with Crippen molar-refractivity contribution in [3.63, 3.8) is 0 Å². The molecule has 1 aliphatic carbocycles. The highest BCUT2D eigenvalue weighted by Gasteiger charge is 2.39. The van der Waals surface area contributed by atoms with E-state index in [1.54, 1.807) is 6.92 Å². The number of esters is 1. The van der Waals surface area contributed by atoms with Crippen LogP contribution in [-0.2, 0) is 14.3 Å². The van der Waals surface area contributed by atoms with E-state index in [0.29, 0.717) is 25.4 Å². The second kappa shape index (κ2) is 5.99. The first-order valence-electron chi connectivity index (χ1n) is 6.33. The molecule has 1 aliphatic rings. The molecule has 0 spiro atoms. The van der Waals surface area contributed by atoms with Crippen molar-refractivity contribution in [2.45, 2.75) is 40.0 Å². The lowest BCUT2D eigenvalue weighted by molar-refractivity contribution is -0.144. The maximum absolute atomic E-state index is 11.3. The minimum Gasteiger partial charge on any atom is -0.466 e. The Hall–Kier alpha value is -1.12. The van der Waals surface area contributed by atoms with Crippen LogP contribution in [-0.4, -0.2) is 18.9 Å². The van der Waals surface area contributed by atoms with Crippen molar-refractivity contribution in [3.8, 4) is 0 Å². The molecular formula is C14H22O3. The zero-order valence-electron chi connectivity index (χ0n) is 10.9. The summed E-state index contributed by atoms with van der Waals surface area (Å²) in [6.07, 6.45) is 7.26. The van der Waals surface area contributed by atoms with Crippen LogP contribution < -0.4 is 0 Å². The van der Waals surface area contributed by atoms with E-state index in [1.807, 2.05) is 6.92 Å². The minimum absolute atomic E-state index is 0.146. The Bertz CT molecular complexity index is 309. The van der Waals surface area contributed by atoms with Crippen LogP contribution in [0.3, 0.4) is 0 Å². The van der Waals surface area contributed by atoms with Crippen molar-refractivity contribution in [2.24, 2.45) is 17.3 Å². The molecular weight excluding hydrogens is 216 g/mol. The Kier molecular flexibility index (Phi) is 4.91. The van der Waals surface area contributed by atoms with Crippen LogP contribution in [0.1, 0.15) is 40.0 Å². The van der Waals surface area contributed by atoms with E-state index < -0.39 is 0 Å². The predicted octanol–water partition coefficient (Wildman–Crippen LogP) is 2.75. The molecule has 0 unspecified atom stereocenters. The number of hydrogen-bond acceptors (Lipinski definition) is 3. The van der Waals surface area contributed by atoms with Gasteiger partial charge in [-0.2, -0.15) is 0 Å². The van der Waals surface area contributed by atoms with Gasteiger partial charge in [0.2, 0.25) is 0 Å². The van der Waals surface area contributed by atoms with Gasteiger partial charge >= 0.3 is 5.97 Å². The molecule has 3 heteroatoms. The Morgan fingerprint density at radius 2 is 2.29 bits per heavy atom. The summed E-state index contributed by atoms with van der Waals surface area (Å²) < 4.78 is 4.91. The fourth-order valence-corrected chi connectivity index (χ4v) is 2.39. The number of ether oxygens (including phenoxy) is 1. The number of allylic oxidation sites excluding steroid dienone is 2. The quantitative estimate of drug-likeness (QED) is 0.420. The van der Waals surface area contributed by atoms with Gasteiger partial charge in [0.25, 0.3) is 0 Å². The molecule has 0 N–H and O–H groups in total. The van der Waals surface area contributed by atoms with Crippen LogP contribution in [0, 0.1) is 17.3 Å². The largest absolute Gasteiger partial charge is 0.466 e. The Morgan fingerprint density at radius 3 is 2.88 bits per heavy atom. The lowest BCUT2D eigenvalue weighted by Gasteiger charge is -2.39. The molecule has 0 aliphatic heterocycles. The molecule has 0 aromatic carbocycles. The van der Waals surface area contributed by atoms with Gasteiger partial charge in [-0.15, -0.1) is 0 Å². The third-order valence-corrected chi connectivity index (χ3v) is 3.94. The molecule has 3 nitrogen and oxygen atoms in total. The molecule has 17 heavy (non-hydrogen) atoms. The first-order chi connectivity index (χ1) is 8.04.